The molecule has 0 aliphatic heterocycles. The van der Waals surface area contributed by atoms with Crippen molar-refractivity contribution in [2.24, 2.45) is 0 Å². The fourth-order valence-electron chi connectivity index (χ4n) is 3.02. The second kappa shape index (κ2) is 7.63. The van der Waals surface area contributed by atoms with Gasteiger partial charge in [-0.1, -0.05) is 70.2 Å². The van der Waals surface area contributed by atoms with E-state index in [1.807, 2.05) is 0 Å². The SMILES string of the molecule is Br.CC(C)(C)P(C(C)(C)C)C(C)(C)C.F[B-](F)(F)F. The number of hydrogen-bond acceptors (Lipinski definition) is 0. The van der Waals surface area contributed by atoms with Crippen LogP contribution in [-0.2, 0) is 0 Å². The Balaban J connectivity index is -0.000000366. The first kappa shape index (κ1) is 24.7. The van der Waals surface area contributed by atoms with Crippen molar-refractivity contribution in [3.8, 4) is 0 Å². The third-order valence-electron chi connectivity index (χ3n) is 2.01. The van der Waals surface area contributed by atoms with E-state index >= 15 is 0 Å². The number of hydrogen-bond donors (Lipinski definition) is 0. The summed E-state index contributed by atoms with van der Waals surface area (Å²) in [5, 5.41) is 1.35. The molecule has 0 unspecified atom stereocenters. The summed E-state index contributed by atoms with van der Waals surface area (Å²) in [7, 11) is -5.98. The van der Waals surface area contributed by atoms with E-state index in [0.29, 0.717) is 15.5 Å². The fourth-order valence-corrected chi connectivity index (χ4v) is 9.06. The molecule has 7 heteroatoms. The minimum atomic E-state index is -6.00. The van der Waals surface area contributed by atoms with Gasteiger partial charge in [0.25, 0.3) is 0 Å². The first-order valence-corrected chi connectivity index (χ1v) is 7.39. The predicted octanol–water partition coefficient (Wildman–Crippen LogP) is 6.74. The zero-order chi connectivity index (χ0) is 15.6. The smallest absolute Gasteiger partial charge is 0.418 e. The van der Waals surface area contributed by atoms with Crippen LogP contribution in [0.4, 0.5) is 17.3 Å². The highest BCUT2D eigenvalue weighted by molar-refractivity contribution is 8.93. The maximum Gasteiger partial charge on any atom is 0.673 e. The van der Waals surface area contributed by atoms with Gasteiger partial charge < -0.3 is 17.3 Å². The third-order valence-corrected chi connectivity index (χ3v) is 6.04. The lowest BCUT2D eigenvalue weighted by atomic mass is 10.2. The van der Waals surface area contributed by atoms with Crippen molar-refractivity contribution in [1.29, 1.82) is 0 Å². The van der Waals surface area contributed by atoms with Crippen molar-refractivity contribution >= 4 is 32.2 Å². The van der Waals surface area contributed by atoms with E-state index in [9.17, 15) is 17.3 Å². The van der Waals surface area contributed by atoms with Gasteiger partial charge in [0.15, 0.2) is 0 Å². The van der Waals surface area contributed by atoms with Crippen LogP contribution in [0.1, 0.15) is 62.3 Å². The van der Waals surface area contributed by atoms with Crippen LogP contribution in [0.3, 0.4) is 0 Å². The van der Waals surface area contributed by atoms with Crippen LogP contribution < -0.4 is 0 Å². The predicted molar refractivity (Wildman–Crippen MR) is 86.7 cm³/mol. The van der Waals surface area contributed by atoms with Crippen molar-refractivity contribution in [2.45, 2.75) is 77.8 Å². The van der Waals surface area contributed by atoms with Gasteiger partial charge in [-0.05, 0) is 15.5 Å². The quantitative estimate of drug-likeness (QED) is 0.252. The second-order valence-electron chi connectivity index (χ2n) is 7.34. The molecule has 0 aromatic carbocycles. The van der Waals surface area contributed by atoms with Gasteiger partial charge in [-0.3, -0.25) is 0 Å². The first-order valence-electron chi connectivity index (χ1n) is 6.04. The Hall–Kier alpha value is 0.695. The molecule has 0 aliphatic rings. The van der Waals surface area contributed by atoms with Crippen molar-refractivity contribution in [3.05, 3.63) is 0 Å². The van der Waals surface area contributed by atoms with Gasteiger partial charge in [-0.2, -0.15) is 0 Å². The van der Waals surface area contributed by atoms with Crippen LogP contribution in [0, 0.1) is 0 Å². The molecule has 0 spiro atoms. The molecule has 0 bridgehead atoms. The molecule has 0 fully saturated rings. The zero-order valence-corrected chi connectivity index (χ0v) is 16.1. The highest BCUT2D eigenvalue weighted by Crippen LogP contribution is 2.66. The van der Waals surface area contributed by atoms with E-state index in [-0.39, 0.29) is 24.9 Å². The molecule has 120 valence electrons. The normalized spacial score (nSPS) is 13.6. The van der Waals surface area contributed by atoms with Crippen LogP contribution in [0.15, 0.2) is 0 Å². The number of rotatable bonds is 0. The zero-order valence-electron chi connectivity index (χ0n) is 13.4. The first-order chi connectivity index (χ1) is 7.37. The fraction of sp³-hybridized carbons (Fsp3) is 1.00. The summed E-state index contributed by atoms with van der Waals surface area (Å²) < 4.78 is 39.0. The molecule has 0 heterocycles. The lowest BCUT2D eigenvalue weighted by molar-refractivity contribution is 0.368. The Morgan fingerprint density at radius 2 is 0.684 bits per heavy atom. The van der Waals surface area contributed by atoms with E-state index in [0.717, 1.165) is 0 Å². The molecule has 0 nitrogen and oxygen atoms in total. The molecule has 0 aromatic rings. The summed E-state index contributed by atoms with van der Waals surface area (Å²) in [5.74, 6) is 0. The molecule has 0 rings (SSSR count). The van der Waals surface area contributed by atoms with Gasteiger partial charge >= 0.3 is 7.25 Å². The van der Waals surface area contributed by atoms with Crippen LogP contribution in [0.2, 0.25) is 0 Å². The topological polar surface area (TPSA) is 0 Å². The van der Waals surface area contributed by atoms with Crippen LogP contribution >= 0.6 is 24.9 Å². The van der Waals surface area contributed by atoms with Crippen LogP contribution in [0.5, 0.6) is 0 Å². The average Bonchev–Trinajstić information content (AvgIpc) is 1.65. The standard InChI is InChI=1S/C12H27P.BF4.BrH/c1-10(2,3)13(11(4,5)6)12(7,8)9;2-1(3,4)5;/h1-9H3;;1H/q;-1;. The van der Waals surface area contributed by atoms with Crippen molar-refractivity contribution in [1.82, 2.24) is 0 Å². The molecular formula is C12H28BBrF4P-. The summed E-state index contributed by atoms with van der Waals surface area (Å²) in [6.07, 6.45) is 0. The molecule has 0 amide bonds. The average molecular weight is 370 g/mol. The summed E-state index contributed by atoms with van der Waals surface area (Å²) in [6.45, 7) is 21.5. The highest BCUT2D eigenvalue weighted by atomic mass is 79.9. The largest absolute Gasteiger partial charge is 0.673 e. The number of halogens is 5. The third kappa shape index (κ3) is 14.9. The van der Waals surface area contributed by atoms with Gasteiger partial charge in [0.2, 0.25) is 0 Å². The lowest BCUT2D eigenvalue weighted by Gasteiger charge is -2.49. The Labute approximate surface area is 127 Å². The molecule has 19 heavy (non-hydrogen) atoms. The van der Waals surface area contributed by atoms with Gasteiger partial charge in [0, 0.05) is 0 Å². The minimum absolute atomic E-state index is 0. The lowest BCUT2D eigenvalue weighted by Crippen LogP contribution is -2.34. The van der Waals surface area contributed by atoms with Crippen molar-refractivity contribution < 1.29 is 17.3 Å². The van der Waals surface area contributed by atoms with Crippen molar-refractivity contribution in [3.63, 3.8) is 0 Å². The molecule has 0 N–H and O–H groups in total. The van der Waals surface area contributed by atoms with Gasteiger partial charge in [-0.15, -0.1) is 17.0 Å². The van der Waals surface area contributed by atoms with E-state index in [1.54, 1.807) is 0 Å². The van der Waals surface area contributed by atoms with Gasteiger partial charge in [0.1, 0.15) is 0 Å². The maximum absolute atomic E-state index is 9.75. The molecule has 0 saturated carbocycles. The van der Waals surface area contributed by atoms with Gasteiger partial charge in [0.05, 0.1) is 0 Å². The summed E-state index contributed by atoms with van der Waals surface area (Å²) in [4.78, 5) is 0. The molecular weight excluding hydrogens is 342 g/mol. The molecule has 0 aliphatic carbocycles. The van der Waals surface area contributed by atoms with Gasteiger partial charge in [-0.25, -0.2) is 0 Å². The summed E-state index contributed by atoms with van der Waals surface area (Å²) >= 11 is 0. The molecule has 0 aromatic heterocycles. The summed E-state index contributed by atoms with van der Waals surface area (Å²) in [5.41, 5.74) is 0. The Morgan fingerprint density at radius 3 is 0.684 bits per heavy atom. The second-order valence-corrected chi connectivity index (χ2v) is 12.0. The molecule has 0 atom stereocenters. The Morgan fingerprint density at radius 1 is 0.579 bits per heavy atom. The summed E-state index contributed by atoms with van der Waals surface area (Å²) in [6, 6.07) is 0. The van der Waals surface area contributed by atoms with Crippen LogP contribution in [-0.4, -0.2) is 22.7 Å². The van der Waals surface area contributed by atoms with E-state index in [2.05, 4.69) is 62.3 Å². The highest BCUT2D eigenvalue weighted by Gasteiger charge is 2.41. The maximum atomic E-state index is 9.75. The Kier molecular flexibility index (Phi) is 9.92. The van der Waals surface area contributed by atoms with E-state index in [1.165, 1.54) is 0 Å². The molecule has 0 saturated heterocycles. The minimum Gasteiger partial charge on any atom is -0.418 e. The van der Waals surface area contributed by atoms with E-state index < -0.39 is 7.25 Å². The molecule has 0 radical (unpaired) electrons. The monoisotopic (exact) mass is 369 g/mol. The van der Waals surface area contributed by atoms with E-state index in [4.69, 9.17) is 0 Å². The van der Waals surface area contributed by atoms with Crippen molar-refractivity contribution in [2.75, 3.05) is 0 Å². The Bertz CT molecular complexity index is 209. The van der Waals surface area contributed by atoms with Crippen LogP contribution in [0.25, 0.3) is 0 Å².